The summed E-state index contributed by atoms with van der Waals surface area (Å²) in [6.07, 6.45) is 0.651. The van der Waals surface area contributed by atoms with Crippen molar-refractivity contribution < 1.29 is 30.8 Å². The molecule has 1 aromatic carbocycles. The molecule has 0 bridgehead atoms. The number of carbonyl (C=O) groups excluding carboxylic acids is 1. The Morgan fingerprint density at radius 1 is 1.12 bits per heavy atom. The summed E-state index contributed by atoms with van der Waals surface area (Å²) in [5, 5.41) is 11.8. The molecule has 0 amide bonds. The molecule has 1 unspecified atom stereocenters. The number of aryl methyl sites for hydroxylation is 1. The number of hydrogen-bond donors (Lipinski definition) is 0. The Labute approximate surface area is 237 Å². The number of aromatic nitrogens is 6. The molecule has 0 spiro atoms. The first-order valence-corrected chi connectivity index (χ1v) is 14.4. The van der Waals surface area contributed by atoms with Crippen molar-refractivity contribution in [1.82, 2.24) is 34.1 Å². The van der Waals surface area contributed by atoms with Crippen LogP contribution in [0.5, 0.6) is 0 Å². The molecule has 3 aromatic heterocycles. The second-order valence-electron chi connectivity index (χ2n) is 10.1. The first kappa shape index (κ1) is 27.9. The fourth-order valence-corrected chi connectivity index (χ4v) is 7.18. The highest BCUT2D eigenvalue weighted by Crippen LogP contribution is 2.47. The van der Waals surface area contributed by atoms with Crippen molar-refractivity contribution in [2.45, 2.75) is 37.5 Å². The van der Waals surface area contributed by atoms with Crippen LogP contribution in [-0.4, -0.2) is 61.4 Å². The minimum absolute atomic E-state index is 0.00806. The largest absolute Gasteiger partial charge is 0.416 e. The van der Waals surface area contributed by atoms with Crippen LogP contribution >= 0.6 is 0 Å². The van der Waals surface area contributed by atoms with Gasteiger partial charge in [0.1, 0.15) is 11.5 Å². The lowest BCUT2D eigenvalue weighted by molar-refractivity contribution is -0.137. The Kier molecular flexibility index (Phi) is 6.61. The number of halogens is 4. The van der Waals surface area contributed by atoms with Crippen LogP contribution in [0.25, 0.3) is 11.8 Å². The van der Waals surface area contributed by atoms with Crippen molar-refractivity contribution in [2.24, 2.45) is 5.41 Å². The molecule has 42 heavy (non-hydrogen) atoms. The number of fused-ring (bicyclic) bond motifs is 2. The molecule has 0 N–H and O–H groups in total. The van der Waals surface area contributed by atoms with E-state index in [1.807, 2.05) is 0 Å². The maximum Gasteiger partial charge on any atom is 0.416 e. The average molecular weight is 602 g/mol. The van der Waals surface area contributed by atoms with Crippen molar-refractivity contribution in [1.29, 1.82) is 0 Å². The second-order valence-corrected chi connectivity index (χ2v) is 12.0. The zero-order chi connectivity index (χ0) is 29.9. The van der Waals surface area contributed by atoms with Gasteiger partial charge >= 0.3 is 6.18 Å². The molecule has 0 saturated carbocycles. The van der Waals surface area contributed by atoms with E-state index in [-0.39, 0.29) is 37.5 Å². The van der Waals surface area contributed by atoms with Gasteiger partial charge in [-0.2, -0.15) is 22.6 Å². The van der Waals surface area contributed by atoms with Crippen LogP contribution in [0.4, 0.5) is 17.6 Å². The number of carbonyl (C=O) groups is 1. The van der Waals surface area contributed by atoms with E-state index in [1.165, 1.54) is 23.0 Å². The summed E-state index contributed by atoms with van der Waals surface area (Å²) in [5.41, 5.74) is -0.739. The summed E-state index contributed by atoms with van der Waals surface area (Å²) >= 11 is 0. The molecular formula is C27H23F4N7O3S. The molecule has 1 atom stereocenters. The monoisotopic (exact) mass is 601 g/mol. The van der Waals surface area contributed by atoms with Gasteiger partial charge < -0.3 is 0 Å². The molecular weight excluding hydrogens is 578 g/mol. The fourth-order valence-electron chi connectivity index (χ4n) is 5.58. The van der Waals surface area contributed by atoms with E-state index >= 15 is 0 Å². The Morgan fingerprint density at radius 2 is 1.88 bits per heavy atom. The highest BCUT2D eigenvalue weighted by atomic mass is 32.2. The maximum atomic E-state index is 14.3. The van der Waals surface area contributed by atoms with Gasteiger partial charge in [-0.1, -0.05) is 10.8 Å². The number of rotatable bonds is 6. The number of nitrogens with zero attached hydrogens (tertiary/aromatic N) is 7. The van der Waals surface area contributed by atoms with E-state index in [2.05, 4.69) is 20.4 Å². The molecule has 6 rings (SSSR count). The van der Waals surface area contributed by atoms with Gasteiger partial charge in [0.15, 0.2) is 10.8 Å². The molecule has 10 nitrogen and oxygen atoms in total. The van der Waals surface area contributed by atoms with Crippen molar-refractivity contribution in [2.75, 3.05) is 13.1 Å². The van der Waals surface area contributed by atoms with E-state index in [0.717, 1.165) is 22.8 Å². The van der Waals surface area contributed by atoms with E-state index in [4.69, 9.17) is 0 Å². The molecule has 1 aliphatic heterocycles. The van der Waals surface area contributed by atoms with Crippen LogP contribution in [0.1, 0.15) is 40.7 Å². The topological polar surface area (TPSA) is 116 Å². The summed E-state index contributed by atoms with van der Waals surface area (Å²) in [6.45, 7) is 1.61. The molecule has 4 aromatic rings. The quantitative estimate of drug-likeness (QED) is 0.243. The normalized spacial score (nSPS) is 19.2. The Bertz CT molecular complexity index is 1830. The zero-order valence-corrected chi connectivity index (χ0v) is 22.9. The van der Waals surface area contributed by atoms with Crippen LogP contribution < -0.4 is 0 Å². The summed E-state index contributed by atoms with van der Waals surface area (Å²) in [6, 6.07) is 7.11. The smallest absolute Gasteiger partial charge is 0.291 e. The zero-order valence-electron chi connectivity index (χ0n) is 22.1. The van der Waals surface area contributed by atoms with Gasteiger partial charge in [0.05, 0.1) is 34.8 Å². The molecule has 1 saturated heterocycles. The van der Waals surface area contributed by atoms with Crippen molar-refractivity contribution >= 4 is 21.9 Å². The lowest BCUT2D eigenvalue weighted by Gasteiger charge is -2.44. The SMILES string of the molecule is CCn1nncc1S(=O)(=O)N1CCC2=Cc3c(cnn3-c3ccc(F)cc3)CC2(C(=O)c2cc(C(F)(F)F)ccn2)C1. The Balaban J connectivity index is 1.47. The molecule has 1 fully saturated rings. The highest BCUT2D eigenvalue weighted by molar-refractivity contribution is 7.89. The standard InChI is InChI=1S/C27H23F4N7O3S/c1-2-37-24(15-33-35-37)42(40,41)36-10-8-18-12-23-17(14-34-38(23)21-5-3-20(28)4-6-21)13-26(18,16-36)25(39)22-11-19(7-9-32-22)27(29,30)31/h3-7,9,11-12,14-15H,2,8,10,13,16H2,1H3. The third kappa shape index (κ3) is 4.52. The molecule has 15 heteroatoms. The minimum atomic E-state index is -4.71. The molecule has 4 heterocycles. The van der Waals surface area contributed by atoms with Gasteiger partial charge in [-0.3, -0.25) is 9.78 Å². The number of benzene rings is 1. The lowest BCUT2D eigenvalue weighted by Crippen LogP contribution is -2.53. The number of Topliss-reactive ketones (excluding diaryl/α,β-unsaturated/α-hetero) is 1. The number of sulfonamides is 1. The van der Waals surface area contributed by atoms with Gasteiger partial charge in [0.25, 0.3) is 10.0 Å². The van der Waals surface area contributed by atoms with E-state index < -0.39 is 44.5 Å². The summed E-state index contributed by atoms with van der Waals surface area (Å²) in [7, 11) is -4.18. The van der Waals surface area contributed by atoms with Gasteiger partial charge in [0.2, 0.25) is 0 Å². The lowest BCUT2D eigenvalue weighted by atomic mass is 9.65. The molecule has 2 aliphatic rings. The van der Waals surface area contributed by atoms with Gasteiger partial charge in [-0.25, -0.2) is 22.2 Å². The van der Waals surface area contributed by atoms with Crippen LogP contribution in [0.15, 0.2) is 65.6 Å². The average Bonchev–Trinajstić information content (AvgIpc) is 3.62. The summed E-state index contributed by atoms with van der Waals surface area (Å²) in [5.74, 6) is -1.16. The van der Waals surface area contributed by atoms with Crippen LogP contribution in [-0.2, 0) is 29.2 Å². The molecule has 0 radical (unpaired) electrons. The fraction of sp³-hybridized carbons (Fsp3) is 0.296. The number of ketones is 1. The van der Waals surface area contributed by atoms with Crippen LogP contribution in [0, 0.1) is 11.2 Å². The predicted molar refractivity (Wildman–Crippen MR) is 140 cm³/mol. The molecule has 218 valence electrons. The van der Waals surface area contributed by atoms with E-state index in [0.29, 0.717) is 28.6 Å². The third-order valence-electron chi connectivity index (χ3n) is 7.69. The first-order chi connectivity index (χ1) is 19.9. The number of alkyl halides is 3. The van der Waals surface area contributed by atoms with Crippen molar-refractivity contribution in [3.63, 3.8) is 0 Å². The first-order valence-electron chi connectivity index (χ1n) is 12.9. The van der Waals surface area contributed by atoms with Gasteiger partial charge in [-0.15, -0.1) is 5.10 Å². The minimum Gasteiger partial charge on any atom is -0.291 e. The summed E-state index contributed by atoms with van der Waals surface area (Å²) in [4.78, 5) is 18.2. The highest BCUT2D eigenvalue weighted by Gasteiger charge is 2.52. The Morgan fingerprint density at radius 3 is 2.60 bits per heavy atom. The molecule has 1 aliphatic carbocycles. The number of pyridine rings is 1. The summed E-state index contributed by atoms with van der Waals surface area (Å²) < 4.78 is 85.6. The van der Waals surface area contributed by atoms with E-state index in [1.54, 1.807) is 29.8 Å². The Hall–Kier alpha value is -4.24. The number of hydrogen-bond acceptors (Lipinski definition) is 7. The van der Waals surface area contributed by atoms with Crippen LogP contribution in [0.3, 0.4) is 0 Å². The number of piperidine rings is 1. The van der Waals surface area contributed by atoms with Crippen molar-refractivity contribution in [3.05, 3.63) is 88.9 Å². The van der Waals surface area contributed by atoms with Crippen molar-refractivity contribution in [3.8, 4) is 5.69 Å². The maximum absolute atomic E-state index is 14.3. The van der Waals surface area contributed by atoms with Crippen LogP contribution in [0.2, 0.25) is 0 Å². The van der Waals surface area contributed by atoms with Gasteiger partial charge in [-0.05, 0) is 67.8 Å². The van der Waals surface area contributed by atoms with E-state index in [9.17, 15) is 30.8 Å². The van der Waals surface area contributed by atoms with Gasteiger partial charge in [0, 0.05) is 25.8 Å². The second kappa shape index (κ2) is 9.94. The predicted octanol–water partition coefficient (Wildman–Crippen LogP) is 3.94. The third-order valence-corrected chi connectivity index (χ3v) is 9.53.